The van der Waals surface area contributed by atoms with E-state index in [9.17, 15) is 18.0 Å². The maximum absolute atomic E-state index is 13.4. The average molecular weight is 519 g/mol. The Morgan fingerprint density at radius 1 is 1.09 bits per heavy atom. The van der Waals surface area contributed by atoms with Gasteiger partial charge in [-0.15, -0.1) is 0 Å². The minimum Gasteiger partial charge on any atom is -0.338 e. The van der Waals surface area contributed by atoms with Crippen molar-refractivity contribution in [2.45, 2.75) is 25.1 Å². The second kappa shape index (κ2) is 9.17. The molecule has 1 amide bonds. The summed E-state index contributed by atoms with van der Waals surface area (Å²) >= 11 is 12.2. The number of halogens is 5. The molecule has 2 aromatic carbocycles. The molecule has 0 spiro atoms. The third-order valence-electron chi connectivity index (χ3n) is 6.08. The molecule has 4 aromatic rings. The van der Waals surface area contributed by atoms with E-state index in [0.29, 0.717) is 24.2 Å². The minimum absolute atomic E-state index is 0.0733. The lowest BCUT2D eigenvalue weighted by atomic mass is 10.0. The minimum atomic E-state index is -4.48. The molecule has 10 heteroatoms. The molecule has 5 nitrogen and oxygen atoms in total. The highest BCUT2D eigenvalue weighted by Crippen LogP contribution is 2.33. The number of nitrogens with zero attached hydrogens (tertiary/aromatic N) is 4. The highest BCUT2D eigenvalue weighted by Gasteiger charge is 2.32. The van der Waals surface area contributed by atoms with E-state index >= 15 is 0 Å². The Labute approximate surface area is 209 Å². The predicted molar refractivity (Wildman–Crippen MR) is 129 cm³/mol. The summed E-state index contributed by atoms with van der Waals surface area (Å²) in [6, 6.07) is 13.0. The number of imidazole rings is 1. The highest BCUT2D eigenvalue weighted by atomic mass is 35.5. The van der Waals surface area contributed by atoms with Gasteiger partial charge in [-0.1, -0.05) is 29.3 Å². The normalized spacial score (nSPS) is 16.3. The number of carbonyl (C=O) groups excluding carboxylic acids is 1. The van der Waals surface area contributed by atoms with Crippen LogP contribution in [0.2, 0.25) is 10.0 Å². The Morgan fingerprint density at radius 2 is 1.86 bits per heavy atom. The van der Waals surface area contributed by atoms with Gasteiger partial charge < -0.3 is 9.47 Å². The summed E-state index contributed by atoms with van der Waals surface area (Å²) in [5, 5.41) is 0.567. The van der Waals surface area contributed by atoms with E-state index in [2.05, 4.69) is 9.97 Å². The van der Waals surface area contributed by atoms with Crippen LogP contribution in [0.25, 0.3) is 22.4 Å². The Morgan fingerprint density at radius 3 is 2.54 bits per heavy atom. The van der Waals surface area contributed by atoms with E-state index < -0.39 is 12.7 Å². The zero-order valence-electron chi connectivity index (χ0n) is 18.3. The lowest BCUT2D eigenvalue weighted by Gasteiger charge is -2.17. The van der Waals surface area contributed by atoms with Crippen LogP contribution >= 0.6 is 23.2 Å². The summed E-state index contributed by atoms with van der Waals surface area (Å²) in [6.07, 6.45) is -0.141. The van der Waals surface area contributed by atoms with E-state index in [1.165, 1.54) is 30.3 Å². The average Bonchev–Trinajstić information content (AvgIpc) is 3.43. The van der Waals surface area contributed by atoms with Gasteiger partial charge in [-0.05, 0) is 54.4 Å². The number of pyridine rings is 1. The first-order valence-corrected chi connectivity index (χ1v) is 11.7. The van der Waals surface area contributed by atoms with E-state index in [4.69, 9.17) is 23.2 Å². The molecule has 1 aliphatic rings. The number of hydrogen-bond donors (Lipinski definition) is 0. The fraction of sp³-hybridized carbons (Fsp3) is 0.240. The van der Waals surface area contributed by atoms with E-state index in [1.54, 1.807) is 17.2 Å². The van der Waals surface area contributed by atoms with E-state index in [-0.39, 0.29) is 38.7 Å². The SMILES string of the molecule is O=C(c1ccc2c(c1)nc(-c1cc(Cl)cc(Cl)c1)n2CC(F)(F)F)N1CCC(c2cccnc2)C1. The molecule has 3 heterocycles. The maximum Gasteiger partial charge on any atom is 0.406 e. The zero-order valence-corrected chi connectivity index (χ0v) is 19.8. The Kier molecular flexibility index (Phi) is 6.19. The number of benzene rings is 2. The lowest BCUT2D eigenvalue weighted by molar-refractivity contribution is -0.139. The zero-order chi connectivity index (χ0) is 24.7. The molecule has 35 heavy (non-hydrogen) atoms. The maximum atomic E-state index is 13.4. The Bertz CT molecular complexity index is 1390. The quantitative estimate of drug-likeness (QED) is 0.306. The lowest BCUT2D eigenvalue weighted by Crippen LogP contribution is -2.28. The van der Waals surface area contributed by atoms with Gasteiger partial charge in [0.25, 0.3) is 5.91 Å². The van der Waals surface area contributed by atoms with Gasteiger partial charge in [-0.2, -0.15) is 13.2 Å². The second-order valence-corrected chi connectivity index (χ2v) is 9.39. The standard InChI is InChI=1S/C25H19Cl2F3N4O/c26-19-8-18(9-20(27)11-19)23-32-21-10-15(3-4-22(21)34(23)14-25(28,29)30)24(35)33-7-5-17(13-33)16-2-1-6-31-12-16/h1-4,6,8-12,17H,5,7,13-14H2. The van der Waals surface area contributed by atoms with Crippen molar-refractivity contribution >= 4 is 40.1 Å². The van der Waals surface area contributed by atoms with Crippen molar-refractivity contribution in [2.24, 2.45) is 0 Å². The van der Waals surface area contributed by atoms with Crippen molar-refractivity contribution in [2.75, 3.05) is 13.1 Å². The van der Waals surface area contributed by atoms with Gasteiger partial charge in [-0.3, -0.25) is 9.78 Å². The third-order valence-corrected chi connectivity index (χ3v) is 6.52. The first kappa shape index (κ1) is 23.6. The molecule has 1 atom stereocenters. The van der Waals surface area contributed by atoms with Gasteiger partial charge in [0, 0.05) is 52.6 Å². The smallest absolute Gasteiger partial charge is 0.338 e. The predicted octanol–water partition coefficient (Wildman–Crippen LogP) is 6.60. The molecule has 180 valence electrons. The number of likely N-dealkylation sites (tertiary alicyclic amines) is 1. The van der Waals surface area contributed by atoms with Gasteiger partial charge in [0.15, 0.2) is 0 Å². The molecule has 1 fully saturated rings. The second-order valence-electron chi connectivity index (χ2n) is 8.52. The topological polar surface area (TPSA) is 51.0 Å². The summed E-state index contributed by atoms with van der Waals surface area (Å²) in [5.74, 6) is 0.0849. The number of alkyl halides is 3. The first-order chi connectivity index (χ1) is 16.7. The number of fused-ring (bicyclic) bond motifs is 1. The van der Waals surface area contributed by atoms with E-state index in [1.807, 2.05) is 18.3 Å². The first-order valence-electron chi connectivity index (χ1n) is 10.9. The van der Waals surface area contributed by atoms with Crippen molar-refractivity contribution in [1.29, 1.82) is 0 Å². The number of hydrogen-bond acceptors (Lipinski definition) is 3. The molecular weight excluding hydrogens is 500 g/mol. The summed E-state index contributed by atoms with van der Waals surface area (Å²) < 4.78 is 41.3. The van der Waals surface area contributed by atoms with Crippen LogP contribution in [-0.2, 0) is 6.54 Å². The van der Waals surface area contributed by atoms with Gasteiger partial charge in [0.1, 0.15) is 12.4 Å². The molecule has 5 rings (SSSR count). The van der Waals surface area contributed by atoms with Crippen molar-refractivity contribution in [1.82, 2.24) is 19.4 Å². The van der Waals surface area contributed by atoms with Crippen molar-refractivity contribution in [3.8, 4) is 11.4 Å². The van der Waals surface area contributed by atoms with Gasteiger partial charge in [-0.25, -0.2) is 4.98 Å². The van der Waals surface area contributed by atoms with Crippen LogP contribution in [0.1, 0.15) is 28.3 Å². The summed E-state index contributed by atoms with van der Waals surface area (Å²) in [5.41, 5.74) is 2.36. The van der Waals surface area contributed by atoms with Crippen molar-refractivity contribution in [3.05, 3.63) is 82.1 Å². The number of carbonyl (C=O) groups is 1. The molecule has 0 radical (unpaired) electrons. The van der Waals surface area contributed by atoms with Crippen LogP contribution in [0.3, 0.4) is 0 Å². The van der Waals surface area contributed by atoms with Crippen LogP contribution in [-0.4, -0.2) is 44.6 Å². The molecule has 0 saturated carbocycles. The van der Waals surface area contributed by atoms with Gasteiger partial charge >= 0.3 is 6.18 Å². The van der Waals surface area contributed by atoms with Crippen LogP contribution < -0.4 is 0 Å². The Hall–Kier alpha value is -3.10. The summed E-state index contributed by atoms with van der Waals surface area (Å²) in [6.45, 7) is -0.0995. The van der Waals surface area contributed by atoms with Gasteiger partial charge in [0.05, 0.1) is 11.0 Å². The largest absolute Gasteiger partial charge is 0.406 e. The molecule has 0 aliphatic carbocycles. The number of aromatic nitrogens is 3. The molecule has 2 aromatic heterocycles. The molecular formula is C25H19Cl2F3N4O. The van der Waals surface area contributed by atoms with Gasteiger partial charge in [0.2, 0.25) is 0 Å². The van der Waals surface area contributed by atoms with Crippen LogP contribution in [0.15, 0.2) is 60.9 Å². The van der Waals surface area contributed by atoms with Crippen LogP contribution in [0.5, 0.6) is 0 Å². The van der Waals surface area contributed by atoms with Crippen molar-refractivity contribution < 1.29 is 18.0 Å². The molecule has 0 bridgehead atoms. The highest BCUT2D eigenvalue weighted by molar-refractivity contribution is 6.35. The summed E-state index contributed by atoms with van der Waals surface area (Å²) in [4.78, 5) is 23.6. The van der Waals surface area contributed by atoms with Crippen LogP contribution in [0, 0.1) is 0 Å². The van der Waals surface area contributed by atoms with Crippen LogP contribution in [0.4, 0.5) is 13.2 Å². The molecule has 1 unspecified atom stereocenters. The summed E-state index contributed by atoms with van der Waals surface area (Å²) in [7, 11) is 0. The Balaban J connectivity index is 1.49. The number of amides is 1. The number of rotatable bonds is 4. The monoisotopic (exact) mass is 518 g/mol. The molecule has 1 aliphatic heterocycles. The molecule has 1 saturated heterocycles. The van der Waals surface area contributed by atoms with E-state index in [0.717, 1.165) is 16.6 Å². The fourth-order valence-corrected chi connectivity index (χ4v) is 5.05. The molecule has 0 N–H and O–H groups in total. The third kappa shape index (κ3) is 4.99. The van der Waals surface area contributed by atoms with Crippen molar-refractivity contribution in [3.63, 3.8) is 0 Å². The fourth-order valence-electron chi connectivity index (χ4n) is 4.52.